The molecule has 1 aliphatic heterocycles. The van der Waals surface area contributed by atoms with E-state index in [-0.39, 0.29) is 45.6 Å². The minimum atomic E-state index is -5.38. The molecule has 4 N–H and O–H groups in total. The minimum Gasteiger partial charge on any atom is -0.489 e. The topological polar surface area (TPSA) is 132 Å². The Labute approximate surface area is 247 Å². The van der Waals surface area contributed by atoms with E-state index in [1.54, 1.807) is 30.3 Å². The number of primary amides is 1. The van der Waals surface area contributed by atoms with E-state index in [9.17, 15) is 32.3 Å². The number of carbonyl (C=O) groups is 2. The molecule has 0 bridgehead atoms. The molecule has 0 saturated carbocycles. The summed E-state index contributed by atoms with van der Waals surface area (Å²) in [5.41, 5.74) is -0.341. The number of aliphatic hydroxyl groups is 1. The number of carbonyl (C=O) groups excluding carboxylic acids is 2. The molecule has 0 radical (unpaired) electrons. The lowest BCUT2D eigenvalue weighted by Crippen LogP contribution is -2.52. The molecule has 43 heavy (non-hydrogen) atoms. The second kappa shape index (κ2) is 10.7. The van der Waals surface area contributed by atoms with Crippen molar-refractivity contribution in [3.8, 4) is 22.7 Å². The van der Waals surface area contributed by atoms with Gasteiger partial charge in [-0.2, -0.15) is 18.3 Å². The summed E-state index contributed by atoms with van der Waals surface area (Å²) in [6.45, 7) is 1.15. The monoisotopic (exact) mass is 617 g/mol. The summed E-state index contributed by atoms with van der Waals surface area (Å²) in [5, 5.41) is 17.4. The number of amides is 2. The number of fused-ring (bicyclic) bond motifs is 1. The van der Waals surface area contributed by atoms with Gasteiger partial charge in [0.25, 0.3) is 5.91 Å². The number of para-hydroxylation sites is 1. The Balaban J connectivity index is 1.58. The summed E-state index contributed by atoms with van der Waals surface area (Å²) >= 11 is 6.40. The van der Waals surface area contributed by atoms with Crippen molar-refractivity contribution in [1.82, 2.24) is 20.1 Å². The van der Waals surface area contributed by atoms with Crippen LogP contribution in [0.1, 0.15) is 34.2 Å². The number of rotatable bonds is 7. The fourth-order valence-corrected chi connectivity index (χ4v) is 5.09. The molecule has 9 nitrogen and oxygen atoms in total. The lowest BCUT2D eigenvalue weighted by Gasteiger charge is -2.31. The van der Waals surface area contributed by atoms with E-state index in [2.05, 4.69) is 15.4 Å². The van der Waals surface area contributed by atoms with Crippen LogP contribution < -0.4 is 15.8 Å². The van der Waals surface area contributed by atoms with Gasteiger partial charge in [0, 0.05) is 11.1 Å². The Morgan fingerprint density at radius 3 is 2.42 bits per heavy atom. The van der Waals surface area contributed by atoms with Crippen molar-refractivity contribution in [3.63, 3.8) is 0 Å². The zero-order valence-corrected chi connectivity index (χ0v) is 23.4. The summed E-state index contributed by atoms with van der Waals surface area (Å²) < 4.78 is 64.5. The Morgan fingerprint density at radius 2 is 1.81 bits per heavy atom. The predicted molar refractivity (Wildman–Crippen MR) is 147 cm³/mol. The number of nitrogens with one attached hydrogen (secondary N) is 1. The van der Waals surface area contributed by atoms with Gasteiger partial charge in [0.2, 0.25) is 11.5 Å². The first-order valence-corrected chi connectivity index (χ1v) is 13.2. The van der Waals surface area contributed by atoms with E-state index in [0.717, 1.165) is 18.2 Å². The largest absolute Gasteiger partial charge is 0.489 e. The summed E-state index contributed by atoms with van der Waals surface area (Å²) in [4.78, 5) is 29.6. The molecule has 0 fully saturated rings. The molecule has 0 saturated heterocycles. The summed E-state index contributed by atoms with van der Waals surface area (Å²) in [6, 6.07) is 14.1. The van der Waals surface area contributed by atoms with Gasteiger partial charge < -0.3 is 20.9 Å². The highest BCUT2D eigenvalue weighted by atomic mass is 35.5. The van der Waals surface area contributed by atoms with Crippen molar-refractivity contribution in [2.45, 2.75) is 31.0 Å². The molecule has 1 aliphatic rings. The SMILES string of the molecule is Cc1nn(-c2ccccc2)c(Cl)c1C(=O)NCC(O)(c1cc2c(c(-c3ccc(F)cc3)n1)OC[C@]2(C)C(N)=O)C(F)(F)F. The molecular formula is C29H24ClF4N5O4. The second-order valence-corrected chi connectivity index (χ2v) is 10.6. The maximum absolute atomic E-state index is 14.7. The third-order valence-corrected chi connectivity index (χ3v) is 7.71. The first kappa shape index (κ1) is 30.0. The number of hydrogen-bond donors (Lipinski definition) is 3. The van der Waals surface area contributed by atoms with Gasteiger partial charge in [0.1, 0.15) is 34.4 Å². The number of halogens is 5. The predicted octanol–water partition coefficient (Wildman–Crippen LogP) is 4.35. The fourth-order valence-electron chi connectivity index (χ4n) is 4.73. The van der Waals surface area contributed by atoms with Crippen LogP contribution in [0.2, 0.25) is 5.15 Å². The summed E-state index contributed by atoms with van der Waals surface area (Å²) in [5.74, 6) is -2.57. The van der Waals surface area contributed by atoms with Crippen LogP contribution in [0.25, 0.3) is 16.9 Å². The van der Waals surface area contributed by atoms with Crippen molar-refractivity contribution >= 4 is 23.4 Å². The average molecular weight is 618 g/mol. The number of ether oxygens (including phenoxy) is 1. The molecule has 3 heterocycles. The molecule has 14 heteroatoms. The van der Waals surface area contributed by atoms with E-state index in [4.69, 9.17) is 22.1 Å². The van der Waals surface area contributed by atoms with Gasteiger partial charge in [0.05, 0.1) is 29.2 Å². The highest BCUT2D eigenvalue weighted by Gasteiger charge is 2.57. The maximum Gasteiger partial charge on any atom is 0.424 e. The van der Waals surface area contributed by atoms with Crippen LogP contribution >= 0.6 is 11.6 Å². The van der Waals surface area contributed by atoms with Crippen LogP contribution in [0.4, 0.5) is 17.6 Å². The van der Waals surface area contributed by atoms with Gasteiger partial charge in [-0.1, -0.05) is 29.8 Å². The molecule has 1 unspecified atom stereocenters. The maximum atomic E-state index is 14.7. The number of aromatic nitrogens is 3. The zero-order valence-electron chi connectivity index (χ0n) is 22.7. The van der Waals surface area contributed by atoms with Crippen molar-refractivity contribution in [2.75, 3.05) is 13.2 Å². The van der Waals surface area contributed by atoms with Crippen molar-refractivity contribution in [3.05, 3.63) is 94.1 Å². The van der Waals surface area contributed by atoms with Crippen LogP contribution in [-0.2, 0) is 15.8 Å². The molecule has 0 aliphatic carbocycles. The number of pyridine rings is 1. The Morgan fingerprint density at radius 1 is 1.16 bits per heavy atom. The number of aryl methyl sites for hydroxylation is 1. The average Bonchev–Trinajstić information content (AvgIpc) is 3.47. The van der Waals surface area contributed by atoms with Crippen LogP contribution in [-0.4, -0.2) is 51.0 Å². The van der Waals surface area contributed by atoms with E-state index < -0.39 is 47.1 Å². The van der Waals surface area contributed by atoms with Gasteiger partial charge in [-0.3, -0.25) is 9.59 Å². The van der Waals surface area contributed by atoms with Gasteiger partial charge in [-0.05, 0) is 56.3 Å². The van der Waals surface area contributed by atoms with Crippen LogP contribution in [0.15, 0.2) is 60.7 Å². The lowest BCUT2D eigenvalue weighted by atomic mass is 9.81. The third-order valence-electron chi connectivity index (χ3n) is 7.36. The van der Waals surface area contributed by atoms with Crippen molar-refractivity contribution in [2.24, 2.45) is 5.73 Å². The molecule has 2 amide bonds. The first-order valence-electron chi connectivity index (χ1n) is 12.8. The van der Waals surface area contributed by atoms with Gasteiger partial charge >= 0.3 is 6.18 Å². The number of alkyl halides is 3. The van der Waals surface area contributed by atoms with E-state index in [1.807, 2.05) is 0 Å². The minimum absolute atomic E-state index is 0.0408. The fraction of sp³-hybridized carbons (Fsp3) is 0.241. The van der Waals surface area contributed by atoms with E-state index >= 15 is 0 Å². The third kappa shape index (κ3) is 5.08. The first-order chi connectivity index (χ1) is 20.2. The zero-order chi connectivity index (χ0) is 31.3. The molecule has 2 aromatic heterocycles. The lowest BCUT2D eigenvalue weighted by molar-refractivity contribution is -0.265. The molecule has 4 aromatic rings. The summed E-state index contributed by atoms with van der Waals surface area (Å²) in [6.07, 6.45) is -5.38. The number of benzene rings is 2. The van der Waals surface area contributed by atoms with Gasteiger partial charge in [-0.25, -0.2) is 14.1 Å². The van der Waals surface area contributed by atoms with Crippen molar-refractivity contribution in [1.29, 1.82) is 0 Å². The highest BCUT2D eigenvalue weighted by Crippen LogP contribution is 2.47. The summed E-state index contributed by atoms with van der Waals surface area (Å²) in [7, 11) is 0. The standard InChI is InChI=1S/C29H24ClF4N5O4/c1-15-21(24(30)39(38-15)18-6-4-3-5-7-18)25(40)36-13-28(42,29(32,33)34)20-12-19-23(43-14-27(19,2)26(35)41)22(37-20)16-8-10-17(31)11-9-16/h3-12,42H,13-14H2,1-2H3,(H2,35,41)(H,36,40)/t27-,28?/m0/s1. The number of nitrogens with zero attached hydrogens (tertiary/aromatic N) is 3. The molecule has 2 aromatic carbocycles. The molecular weight excluding hydrogens is 594 g/mol. The number of hydrogen-bond acceptors (Lipinski definition) is 6. The van der Waals surface area contributed by atoms with E-state index in [0.29, 0.717) is 5.69 Å². The highest BCUT2D eigenvalue weighted by molar-refractivity contribution is 6.33. The Hall–Kier alpha value is -4.49. The Bertz CT molecular complexity index is 1730. The normalized spacial score (nSPS) is 17.6. The van der Waals surface area contributed by atoms with Gasteiger partial charge in [-0.15, -0.1) is 0 Å². The Kier molecular flexibility index (Phi) is 7.43. The number of nitrogens with two attached hydrogens (primary N) is 1. The van der Waals surface area contributed by atoms with Crippen molar-refractivity contribution < 1.29 is 37.0 Å². The van der Waals surface area contributed by atoms with Crippen LogP contribution in [0.5, 0.6) is 5.75 Å². The van der Waals surface area contributed by atoms with E-state index in [1.165, 1.54) is 30.7 Å². The molecule has 0 spiro atoms. The quantitative estimate of drug-likeness (QED) is 0.264. The van der Waals surface area contributed by atoms with Gasteiger partial charge in [0.15, 0.2) is 0 Å². The molecule has 5 rings (SSSR count). The molecule has 224 valence electrons. The van der Waals surface area contributed by atoms with Crippen LogP contribution in [0.3, 0.4) is 0 Å². The van der Waals surface area contributed by atoms with Crippen LogP contribution in [0, 0.1) is 12.7 Å². The molecule has 2 atom stereocenters. The smallest absolute Gasteiger partial charge is 0.424 e. The second-order valence-electron chi connectivity index (χ2n) is 10.3.